The van der Waals surface area contributed by atoms with Gasteiger partial charge < -0.3 is 15.0 Å². The second-order valence-corrected chi connectivity index (χ2v) is 6.43. The van der Waals surface area contributed by atoms with E-state index in [-0.39, 0.29) is 12.1 Å². The van der Waals surface area contributed by atoms with Gasteiger partial charge in [0.1, 0.15) is 23.4 Å². The van der Waals surface area contributed by atoms with Gasteiger partial charge in [0, 0.05) is 13.0 Å². The van der Waals surface area contributed by atoms with Gasteiger partial charge in [0.25, 0.3) is 0 Å². The van der Waals surface area contributed by atoms with Crippen LogP contribution in [0.3, 0.4) is 0 Å². The minimum atomic E-state index is -4.46. The van der Waals surface area contributed by atoms with E-state index in [4.69, 9.17) is 4.74 Å². The average Bonchev–Trinajstić information content (AvgIpc) is 3.10. The Morgan fingerprint density at radius 3 is 2.67 bits per heavy atom. The second kappa shape index (κ2) is 7.85. The number of benzene rings is 1. The minimum absolute atomic E-state index is 0.0921. The summed E-state index contributed by atoms with van der Waals surface area (Å²) in [6.07, 6.45) is -3.23. The van der Waals surface area contributed by atoms with E-state index in [1.54, 1.807) is 11.0 Å². The van der Waals surface area contributed by atoms with Crippen LogP contribution >= 0.6 is 0 Å². The highest BCUT2D eigenvalue weighted by atomic mass is 19.4. The Balaban J connectivity index is 1.61. The van der Waals surface area contributed by atoms with Crippen LogP contribution in [0.2, 0.25) is 0 Å². The summed E-state index contributed by atoms with van der Waals surface area (Å²) in [6, 6.07) is 11.2. The summed E-state index contributed by atoms with van der Waals surface area (Å²) in [7, 11) is 0. The second-order valence-electron chi connectivity index (χ2n) is 6.43. The molecule has 0 bridgehead atoms. The van der Waals surface area contributed by atoms with Gasteiger partial charge in [0.15, 0.2) is 0 Å². The minimum Gasteiger partial charge on any atom is -0.489 e. The first-order valence-electron chi connectivity index (χ1n) is 8.62. The third-order valence-electron chi connectivity index (χ3n) is 4.49. The first kappa shape index (κ1) is 19.0. The third kappa shape index (κ3) is 4.69. The van der Waals surface area contributed by atoms with E-state index in [2.05, 4.69) is 10.3 Å². The van der Waals surface area contributed by atoms with E-state index in [9.17, 15) is 18.0 Å². The van der Waals surface area contributed by atoms with Crippen molar-refractivity contribution in [2.45, 2.75) is 31.7 Å². The molecule has 1 unspecified atom stereocenters. The number of rotatable bonds is 6. The fourth-order valence-corrected chi connectivity index (χ4v) is 3.02. The fourth-order valence-electron chi connectivity index (χ4n) is 3.02. The highest BCUT2D eigenvalue weighted by Crippen LogP contribution is 2.30. The van der Waals surface area contributed by atoms with E-state index in [0.717, 1.165) is 11.6 Å². The summed E-state index contributed by atoms with van der Waals surface area (Å²) in [5.74, 6) is 0.987. The highest BCUT2D eigenvalue weighted by Gasteiger charge is 2.33. The van der Waals surface area contributed by atoms with Crippen LogP contribution in [0.4, 0.5) is 19.0 Å². The Hall–Kier alpha value is -2.77. The summed E-state index contributed by atoms with van der Waals surface area (Å²) in [4.78, 5) is 16.0. The molecule has 1 N–H and O–H groups in total. The van der Waals surface area contributed by atoms with E-state index < -0.39 is 11.9 Å². The van der Waals surface area contributed by atoms with Crippen molar-refractivity contribution >= 4 is 12.2 Å². The zero-order valence-electron chi connectivity index (χ0n) is 14.7. The molecule has 0 spiro atoms. The van der Waals surface area contributed by atoms with Crippen molar-refractivity contribution in [3.63, 3.8) is 0 Å². The molecule has 1 aromatic heterocycles. The number of anilines is 1. The Bertz CT molecular complexity index is 781. The number of carbonyl (C=O) groups excluding carboxylic acids is 1. The number of hydrogen-bond acceptors (Lipinski definition) is 4. The summed E-state index contributed by atoms with van der Waals surface area (Å²) in [6.45, 7) is 2.93. The quantitative estimate of drug-likeness (QED) is 0.780. The molecule has 1 aliphatic heterocycles. The Labute approximate surface area is 155 Å². The number of aromatic nitrogens is 1. The first-order chi connectivity index (χ1) is 12.9. The largest absolute Gasteiger partial charge is 0.489 e. The molecule has 3 rings (SSSR count). The van der Waals surface area contributed by atoms with Crippen molar-refractivity contribution in [3.8, 4) is 5.75 Å². The molecule has 5 nitrogen and oxygen atoms in total. The van der Waals surface area contributed by atoms with Gasteiger partial charge in [-0.15, -0.1) is 0 Å². The molecule has 1 aliphatic rings. The molecule has 2 heterocycles. The van der Waals surface area contributed by atoms with Gasteiger partial charge in [0.2, 0.25) is 6.41 Å². The molecule has 1 fully saturated rings. The molecule has 0 aliphatic carbocycles. The SMILES string of the molecule is C[C@H](NC=O)c1ccc(OC2CCN(c3cccc(C(F)(F)F)n3)C2)cc1. The van der Waals surface area contributed by atoms with Crippen LogP contribution in [0.25, 0.3) is 0 Å². The van der Waals surface area contributed by atoms with Gasteiger partial charge in [-0.3, -0.25) is 4.79 Å². The van der Waals surface area contributed by atoms with Crippen LogP contribution in [-0.4, -0.2) is 30.6 Å². The monoisotopic (exact) mass is 379 g/mol. The predicted octanol–water partition coefficient (Wildman–Crippen LogP) is 3.57. The zero-order valence-corrected chi connectivity index (χ0v) is 14.7. The molecule has 1 saturated heterocycles. The number of nitrogens with one attached hydrogen (secondary N) is 1. The molecule has 27 heavy (non-hydrogen) atoms. The number of pyridine rings is 1. The Morgan fingerprint density at radius 2 is 2.00 bits per heavy atom. The van der Waals surface area contributed by atoms with E-state index in [1.165, 1.54) is 6.07 Å². The van der Waals surface area contributed by atoms with Gasteiger partial charge in [0.05, 0.1) is 12.6 Å². The average molecular weight is 379 g/mol. The molecular formula is C19H20F3N3O2. The third-order valence-corrected chi connectivity index (χ3v) is 4.49. The lowest BCUT2D eigenvalue weighted by Crippen LogP contribution is -2.26. The van der Waals surface area contributed by atoms with Crippen molar-refractivity contribution in [3.05, 3.63) is 53.7 Å². The van der Waals surface area contributed by atoms with Crippen molar-refractivity contribution < 1.29 is 22.7 Å². The highest BCUT2D eigenvalue weighted by molar-refractivity contribution is 5.48. The molecule has 0 saturated carbocycles. The van der Waals surface area contributed by atoms with Gasteiger partial charge in [-0.05, 0) is 36.8 Å². The van der Waals surface area contributed by atoms with Crippen molar-refractivity contribution in [2.24, 2.45) is 0 Å². The summed E-state index contributed by atoms with van der Waals surface area (Å²) >= 11 is 0. The van der Waals surface area contributed by atoms with Crippen LogP contribution in [0.15, 0.2) is 42.5 Å². The number of alkyl halides is 3. The lowest BCUT2D eigenvalue weighted by atomic mass is 10.1. The lowest BCUT2D eigenvalue weighted by Gasteiger charge is -2.19. The van der Waals surface area contributed by atoms with Gasteiger partial charge >= 0.3 is 6.18 Å². The number of ether oxygens (including phenoxy) is 1. The maximum absolute atomic E-state index is 12.8. The summed E-state index contributed by atoms with van der Waals surface area (Å²) < 4.78 is 44.4. The van der Waals surface area contributed by atoms with Crippen LogP contribution in [0.1, 0.15) is 30.6 Å². The molecular weight excluding hydrogens is 359 g/mol. The molecule has 8 heteroatoms. The summed E-state index contributed by atoms with van der Waals surface area (Å²) in [5.41, 5.74) is 0.0636. The van der Waals surface area contributed by atoms with Gasteiger partial charge in [-0.25, -0.2) is 4.98 Å². The first-order valence-corrected chi connectivity index (χ1v) is 8.62. The molecule has 1 aromatic carbocycles. The van der Waals surface area contributed by atoms with Crippen molar-refractivity contribution in [1.82, 2.24) is 10.3 Å². The topological polar surface area (TPSA) is 54.5 Å². The number of amides is 1. The van der Waals surface area contributed by atoms with Crippen molar-refractivity contribution in [2.75, 3.05) is 18.0 Å². The number of carbonyl (C=O) groups is 1. The predicted molar refractivity (Wildman–Crippen MR) is 94.5 cm³/mol. The lowest BCUT2D eigenvalue weighted by molar-refractivity contribution is -0.141. The van der Waals surface area contributed by atoms with Crippen LogP contribution in [-0.2, 0) is 11.0 Å². The maximum Gasteiger partial charge on any atom is 0.433 e. The molecule has 0 radical (unpaired) electrons. The zero-order chi connectivity index (χ0) is 19.4. The van der Waals surface area contributed by atoms with E-state index >= 15 is 0 Å². The van der Waals surface area contributed by atoms with Crippen LogP contribution in [0, 0.1) is 0 Å². The number of hydrogen-bond donors (Lipinski definition) is 1. The van der Waals surface area contributed by atoms with Crippen LogP contribution < -0.4 is 15.0 Å². The maximum atomic E-state index is 12.8. The van der Waals surface area contributed by atoms with E-state index in [1.807, 2.05) is 31.2 Å². The van der Waals surface area contributed by atoms with Crippen LogP contribution in [0.5, 0.6) is 5.75 Å². The van der Waals surface area contributed by atoms with Gasteiger partial charge in [-0.1, -0.05) is 18.2 Å². The Morgan fingerprint density at radius 1 is 1.26 bits per heavy atom. The fraction of sp³-hybridized carbons (Fsp3) is 0.368. The smallest absolute Gasteiger partial charge is 0.433 e. The standard InChI is InChI=1S/C19H20F3N3O2/c1-13(23-12-26)14-5-7-15(8-6-14)27-16-9-10-25(11-16)18-4-2-3-17(24-18)19(20,21)22/h2-8,12-13,16H,9-11H2,1H3,(H,23,26)/t13-,16?/m0/s1. The Kier molecular flexibility index (Phi) is 5.53. The molecule has 144 valence electrons. The normalized spacial score (nSPS) is 18.2. The number of nitrogens with zero attached hydrogens (tertiary/aromatic N) is 2. The molecule has 1 amide bonds. The van der Waals surface area contributed by atoms with E-state index in [0.29, 0.717) is 37.5 Å². The molecule has 2 atom stereocenters. The number of halogens is 3. The van der Waals surface area contributed by atoms with Gasteiger partial charge in [-0.2, -0.15) is 13.2 Å². The molecule has 2 aromatic rings. The van der Waals surface area contributed by atoms with Crippen molar-refractivity contribution in [1.29, 1.82) is 0 Å². The summed E-state index contributed by atoms with van der Waals surface area (Å²) in [5, 5.41) is 2.68.